The number of benzene rings is 1. The van der Waals surface area contributed by atoms with Crippen LogP contribution in [-0.2, 0) is 0 Å². The van der Waals surface area contributed by atoms with Gasteiger partial charge in [-0.3, -0.25) is 4.79 Å². The van der Waals surface area contributed by atoms with Gasteiger partial charge in [0.05, 0.1) is 18.0 Å². The van der Waals surface area contributed by atoms with Crippen LogP contribution in [0, 0.1) is 11.7 Å². The Morgan fingerprint density at radius 2 is 2.04 bits per heavy atom. The molecule has 4 rings (SSSR count). The van der Waals surface area contributed by atoms with Crippen LogP contribution in [0.4, 0.5) is 10.1 Å². The number of fused-ring (bicyclic) bond motifs is 1. The average molecular weight is 412 g/mol. The van der Waals surface area contributed by atoms with E-state index in [9.17, 15) is 14.7 Å². The third kappa shape index (κ3) is 3.10. The van der Waals surface area contributed by atoms with Crippen LogP contribution in [0.2, 0.25) is 0 Å². The molecular weight excluding hydrogens is 389 g/mol. The number of anilines is 1. The molecule has 28 heavy (non-hydrogen) atoms. The lowest BCUT2D eigenvalue weighted by Crippen LogP contribution is -2.29. The Morgan fingerprint density at radius 3 is 2.54 bits per heavy atom. The number of carboxylic acid groups (broad SMARTS) is 1. The van der Waals surface area contributed by atoms with Crippen molar-refractivity contribution in [1.82, 2.24) is 4.57 Å². The van der Waals surface area contributed by atoms with Crippen molar-refractivity contribution in [2.24, 2.45) is 11.7 Å². The van der Waals surface area contributed by atoms with Crippen LogP contribution in [0.15, 0.2) is 17.1 Å². The third-order valence-electron chi connectivity index (χ3n) is 5.56. The average Bonchev–Trinajstić information content (AvgIpc) is 3.40. The monoisotopic (exact) mass is 411 g/mol. The van der Waals surface area contributed by atoms with Gasteiger partial charge in [-0.1, -0.05) is 6.92 Å². The first-order valence-corrected chi connectivity index (χ1v) is 9.02. The number of hydrogen-bond donors (Lipinski definition) is 2. The summed E-state index contributed by atoms with van der Waals surface area (Å²) in [6.07, 6.45) is 3.10. The molecule has 1 aliphatic heterocycles. The smallest absolute Gasteiger partial charge is 0.341 e. The van der Waals surface area contributed by atoms with Gasteiger partial charge in [0.2, 0.25) is 5.43 Å². The molecule has 0 amide bonds. The lowest BCUT2D eigenvalue weighted by molar-refractivity contribution is 0.0695. The van der Waals surface area contributed by atoms with Crippen molar-refractivity contribution in [3.8, 4) is 5.75 Å². The normalized spacial score (nSPS) is 21.6. The summed E-state index contributed by atoms with van der Waals surface area (Å²) in [5.74, 6) is -1.47. The second kappa shape index (κ2) is 7.25. The minimum Gasteiger partial charge on any atom is -0.492 e. The standard InChI is InChI=1S/C19H22FN3O4.ClH/c1-9-6-22(8-14(9)21)16-13(20)5-11-15(18(16)27-2)23(10-3-4-10)7-12(17(11)24)19(25)26;/h5,7,9-10,14H,3-4,6,8,21H2,1-2H3,(H,25,26);1H/t9-,14+;/m0./s1. The maximum absolute atomic E-state index is 15.1. The molecule has 1 aliphatic carbocycles. The maximum atomic E-state index is 15.1. The van der Waals surface area contributed by atoms with E-state index < -0.39 is 17.2 Å². The van der Waals surface area contributed by atoms with Crippen molar-refractivity contribution in [3.05, 3.63) is 33.9 Å². The fourth-order valence-corrected chi connectivity index (χ4v) is 3.90. The number of aromatic carboxylic acids is 1. The Kier molecular flexibility index (Phi) is 5.29. The number of rotatable bonds is 4. The van der Waals surface area contributed by atoms with Gasteiger partial charge in [0.25, 0.3) is 0 Å². The zero-order valence-corrected chi connectivity index (χ0v) is 16.5. The number of carboxylic acids is 1. The molecule has 1 saturated heterocycles. The lowest BCUT2D eigenvalue weighted by Gasteiger charge is -2.24. The Labute approximate surface area is 167 Å². The van der Waals surface area contributed by atoms with E-state index in [4.69, 9.17) is 10.5 Å². The third-order valence-corrected chi connectivity index (χ3v) is 5.56. The van der Waals surface area contributed by atoms with Crippen molar-refractivity contribution >= 4 is 35.0 Å². The van der Waals surface area contributed by atoms with E-state index in [1.165, 1.54) is 13.3 Å². The summed E-state index contributed by atoms with van der Waals surface area (Å²) >= 11 is 0. The van der Waals surface area contributed by atoms with Gasteiger partial charge in [0.15, 0.2) is 11.6 Å². The van der Waals surface area contributed by atoms with E-state index in [1.54, 1.807) is 4.57 Å². The van der Waals surface area contributed by atoms with Crippen molar-refractivity contribution in [3.63, 3.8) is 0 Å². The minimum atomic E-state index is -1.32. The fourth-order valence-electron chi connectivity index (χ4n) is 3.90. The molecule has 1 aromatic carbocycles. The molecular formula is C19H23ClFN3O4. The molecule has 2 atom stereocenters. The highest BCUT2D eigenvalue weighted by Crippen LogP contribution is 2.44. The summed E-state index contributed by atoms with van der Waals surface area (Å²) in [7, 11) is 1.43. The molecule has 0 radical (unpaired) electrons. The van der Waals surface area contributed by atoms with Gasteiger partial charge in [-0.25, -0.2) is 9.18 Å². The number of methoxy groups -OCH3 is 1. The van der Waals surface area contributed by atoms with Gasteiger partial charge >= 0.3 is 5.97 Å². The Morgan fingerprint density at radius 1 is 1.36 bits per heavy atom. The number of aromatic nitrogens is 1. The van der Waals surface area contributed by atoms with E-state index >= 15 is 4.39 Å². The second-order valence-electron chi connectivity index (χ2n) is 7.50. The first-order chi connectivity index (χ1) is 12.8. The number of hydrogen-bond acceptors (Lipinski definition) is 5. The summed E-state index contributed by atoms with van der Waals surface area (Å²) in [5.41, 5.74) is 5.76. The number of pyridine rings is 1. The molecule has 0 bridgehead atoms. The topological polar surface area (TPSA) is 97.8 Å². The zero-order chi connectivity index (χ0) is 19.5. The van der Waals surface area contributed by atoms with E-state index in [0.717, 1.165) is 18.9 Å². The highest BCUT2D eigenvalue weighted by Gasteiger charge is 2.34. The number of nitrogens with two attached hydrogens (primary N) is 1. The molecule has 0 spiro atoms. The lowest BCUT2D eigenvalue weighted by atomic mass is 10.1. The molecule has 0 unspecified atom stereocenters. The van der Waals surface area contributed by atoms with Crippen molar-refractivity contribution < 1.29 is 19.0 Å². The van der Waals surface area contributed by atoms with E-state index in [2.05, 4.69) is 0 Å². The van der Waals surface area contributed by atoms with E-state index in [1.807, 2.05) is 11.8 Å². The highest BCUT2D eigenvalue weighted by molar-refractivity contribution is 5.97. The Bertz CT molecular complexity index is 995. The van der Waals surface area contributed by atoms with Gasteiger partial charge in [-0.05, 0) is 24.8 Å². The van der Waals surface area contributed by atoms with Crippen LogP contribution < -0.4 is 20.8 Å². The predicted molar refractivity (Wildman–Crippen MR) is 107 cm³/mol. The van der Waals surface area contributed by atoms with Crippen molar-refractivity contribution in [2.45, 2.75) is 31.8 Å². The second-order valence-corrected chi connectivity index (χ2v) is 7.50. The molecule has 1 aromatic heterocycles. The molecule has 2 heterocycles. The van der Waals surface area contributed by atoms with Gasteiger partial charge in [-0.15, -0.1) is 12.4 Å². The maximum Gasteiger partial charge on any atom is 0.341 e. The largest absolute Gasteiger partial charge is 0.492 e. The number of ether oxygens (including phenoxy) is 1. The van der Waals surface area contributed by atoms with Crippen LogP contribution in [0.3, 0.4) is 0 Å². The number of halogens is 2. The zero-order valence-electron chi connectivity index (χ0n) is 15.6. The number of nitrogens with zero attached hydrogens (tertiary/aromatic N) is 2. The molecule has 9 heteroatoms. The van der Waals surface area contributed by atoms with Gasteiger partial charge in [-0.2, -0.15) is 0 Å². The quantitative estimate of drug-likeness (QED) is 0.801. The molecule has 152 valence electrons. The first-order valence-electron chi connectivity index (χ1n) is 9.02. The molecule has 1 saturated carbocycles. The molecule has 7 nitrogen and oxygen atoms in total. The van der Waals surface area contributed by atoms with Gasteiger partial charge in [0, 0.05) is 31.4 Å². The van der Waals surface area contributed by atoms with Crippen LogP contribution >= 0.6 is 12.4 Å². The Hall–Kier alpha value is -2.32. The van der Waals surface area contributed by atoms with Crippen LogP contribution in [-0.4, -0.2) is 41.9 Å². The van der Waals surface area contributed by atoms with E-state index in [0.29, 0.717) is 18.6 Å². The van der Waals surface area contributed by atoms with Crippen LogP contribution in [0.5, 0.6) is 5.75 Å². The Balaban J connectivity index is 0.00000225. The van der Waals surface area contributed by atoms with E-state index in [-0.39, 0.29) is 52.8 Å². The highest BCUT2D eigenvalue weighted by atomic mass is 35.5. The van der Waals surface area contributed by atoms with Crippen LogP contribution in [0.1, 0.15) is 36.2 Å². The minimum absolute atomic E-state index is 0. The molecule has 2 aromatic rings. The SMILES string of the molecule is COc1c(N2C[C@@H](N)[C@@H](C)C2)c(F)cc2c(=O)c(C(=O)O)cn(C3CC3)c12.Cl. The molecule has 2 aliphatic rings. The summed E-state index contributed by atoms with van der Waals surface area (Å²) in [5, 5.41) is 9.40. The summed E-state index contributed by atoms with van der Waals surface area (Å²) in [6, 6.07) is 1.14. The summed E-state index contributed by atoms with van der Waals surface area (Å²) in [6.45, 7) is 3.08. The molecule has 3 N–H and O–H groups in total. The molecule has 2 fully saturated rings. The van der Waals surface area contributed by atoms with Crippen molar-refractivity contribution in [1.29, 1.82) is 0 Å². The predicted octanol–water partition coefficient (Wildman–Crippen LogP) is 2.39. The van der Waals surface area contributed by atoms with Gasteiger partial charge < -0.3 is 25.0 Å². The first kappa shape index (κ1) is 20.4. The van der Waals surface area contributed by atoms with Gasteiger partial charge in [0.1, 0.15) is 11.3 Å². The fraction of sp³-hybridized carbons (Fsp3) is 0.474. The summed E-state index contributed by atoms with van der Waals surface area (Å²) in [4.78, 5) is 26.0. The summed E-state index contributed by atoms with van der Waals surface area (Å²) < 4.78 is 22.4. The number of carbonyl (C=O) groups is 1. The van der Waals surface area contributed by atoms with Crippen LogP contribution in [0.25, 0.3) is 10.9 Å². The van der Waals surface area contributed by atoms with Crippen molar-refractivity contribution in [2.75, 3.05) is 25.1 Å².